The van der Waals surface area contributed by atoms with Crippen molar-refractivity contribution >= 4 is 22.0 Å². The summed E-state index contributed by atoms with van der Waals surface area (Å²) in [5, 5.41) is 8.95. The van der Waals surface area contributed by atoms with Gasteiger partial charge in [-0.1, -0.05) is 25.1 Å². The van der Waals surface area contributed by atoms with Gasteiger partial charge in [-0.05, 0) is 34.0 Å². The Labute approximate surface area is 91.4 Å². The Kier molecular flexibility index (Phi) is 4.29. The highest BCUT2D eigenvalue weighted by atomic mass is 79.9. The van der Waals surface area contributed by atoms with Gasteiger partial charge in [0.05, 0.1) is 11.1 Å². The largest absolute Gasteiger partial charge is 0.392 e. The molecule has 0 aliphatic carbocycles. The smallest absolute Gasteiger partial charge is 0.144 e. The van der Waals surface area contributed by atoms with Crippen molar-refractivity contribution in [1.82, 2.24) is 0 Å². The van der Waals surface area contributed by atoms with Crippen LogP contribution < -0.4 is 0 Å². The number of aliphatic hydroxyl groups is 1. The van der Waals surface area contributed by atoms with Gasteiger partial charge in [0.25, 0.3) is 0 Å². The predicted molar refractivity (Wildman–Crippen MR) is 59.5 cm³/mol. The summed E-state index contributed by atoms with van der Waals surface area (Å²) in [7, 11) is 0. The molecule has 0 aliphatic heterocycles. The lowest BCUT2D eigenvalue weighted by Crippen LogP contribution is -1.90. The zero-order valence-corrected chi connectivity index (χ0v) is 9.51. The Hall–Kier alpha value is -0.670. The van der Waals surface area contributed by atoms with Crippen LogP contribution in [0.1, 0.15) is 18.9 Å². The molecule has 1 N–H and O–H groups in total. The maximum absolute atomic E-state index is 13.5. The maximum Gasteiger partial charge on any atom is 0.144 e. The van der Waals surface area contributed by atoms with Crippen molar-refractivity contribution in [3.8, 4) is 0 Å². The Bertz CT molecular complexity index is 341. The van der Waals surface area contributed by atoms with Crippen molar-refractivity contribution in [2.45, 2.75) is 13.3 Å². The van der Waals surface area contributed by atoms with Crippen LogP contribution in [-0.2, 0) is 0 Å². The minimum atomic E-state index is -0.285. The second-order valence-corrected chi connectivity index (χ2v) is 3.81. The third kappa shape index (κ3) is 2.66. The molecule has 0 saturated heterocycles. The Morgan fingerprint density at radius 1 is 1.57 bits per heavy atom. The van der Waals surface area contributed by atoms with Crippen molar-refractivity contribution in [3.63, 3.8) is 0 Å². The fraction of sp³-hybridized carbons (Fsp3) is 0.273. The molecule has 3 heteroatoms. The van der Waals surface area contributed by atoms with Gasteiger partial charge in [0.1, 0.15) is 5.82 Å². The van der Waals surface area contributed by atoms with Crippen LogP contribution in [0, 0.1) is 5.82 Å². The van der Waals surface area contributed by atoms with Crippen LogP contribution in [-0.4, -0.2) is 11.7 Å². The lowest BCUT2D eigenvalue weighted by Gasteiger charge is -2.02. The van der Waals surface area contributed by atoms with E-state index in [1.165, 1.54) is 0 Å². The van der Waals surface area contributed by atoms with Crippen molar-refractivity contribution < 1.29 is 9.50 Å². The van der Waals surface area contributed by atoms with Gasteiger partial charge in [0.15, 0.2) is 0 Å². The molecule has 1 nitrogen and oxygen atoms in total. The summed E-state index contributed by atoms with van der Waals surface area (Å²) < 4.78 is 13.9. The van der Waals surface area contributed by atoms with E-state index in [9.17, 15) is 4.39 Å². The molecule has 0 aliphatic rings. The Morgan fingerprint density at radius 2 is 2.29 bits per heavy atom. The summed E-state index contributed by atoms with van der Waals surface area (Å²) in [5.41, 5.74) is 1.33. The van der Waals surface area contributed by atoms with Crippen LogP contribution in [0.15, 0.2) is 28.2 Å². The lowest BCUT2D eigenvalue weighted by molar-refractivity contribution is 0.329. The fourth-order valence-corrected chi connectivity index (χ4v) is 1.49. The van der Waals surface area contributed by atoms with Crippen LogP contribution in [0.25, 0.3) is 6.08 Å². The molecule has 1 aromatic rings. The Balaban J connectivity index is 3.07. The van der Waals surface area contributed by atoms with E-state index in [4.69, 9.17) is 5.11 Å². The molecule has 0 radical (unpaired) electrons. The van der Waals surface area contributed by atoms with E-state index in [0.717, 1.165) is 12.0 Å². The average molecular weight is 259 g/mol. The third-order valence-electron chi connectivity index (χ3n) is 2.00. The van der Waals surface area contributed by atoms with E-state index in [2.05, 4.69) is 15.9 Å². The fourth-order valence-electron chi connectivity index (χ4n) is 1.11. The number of benzene rings is 1. The molecule has 14 heavy (non-hydrogen) atoms. The average Bonchev–Trinajstić information content (AvgIpc) is 2.20. The minimum absolute atomic E-state index is 0.0253. The van der Waals surface area contributed by atoms with E-state index in [-0.39, 0.29) is 12.4 Å². The molecule has 1 aromatic carbocycles. The molecule has 0 aromatic heterocycles. The van der Waals surface area contributed by atoms with Gasteiger partial charge >= 0.3 is 0 Å². The molecule has 0 atom stereocenters. The topological polar surface area (TPSA) is 20.2 Å². The number of hydrogen-bond donors (Lipinski definition) is 1. The molecule has 1 rings (SSSR count). The SMILES string of the molecule is CC/C(=C/c1cccc(Br)c1F)CO. The molecule has 0 saturated carbocycles. The summed E-state index contributed by atoms with van der Waals surface area (Å²) >= 11 is 3.11. The highest BCUT2D eigenvalue weighted by molar-refractivity contribution is 9.10. The molecule has 0 spiro atoms. The number of rotatable bonds is 3. The van der Waals surface area contributed by atoms with E-state index in [1.54, 1.807) is 24.3 Å². The first-order chi connectivity index (χ1) is 6.69. The molecule has 76 valence electrons. The van der Waals surface area contributed by atoms with Crippen LogP contribution in [0.4, 0.5) is 4.39 Å². The van der Waals surface area contributed by atoms with Gasteiger partial charge in [-0.3, -0.25) is 0 Å². The van der Waals surface area contributed by atoms with Crippen molar-refractivity contribution in [2.24, 2.45) is 0 Å². The van der Waals surface area contributed by atoms with E-state index < -0.39 is 0 Å². The monoisotopic (exact) mass is 258 g/mol. The van der Waals surface area contributed by atoms with Crippen LogP contribution >= 0.6 is 15.9 Å². The highest BCUT2D eigenvalue weighted by Crippen LogP contribution is 2.21. The second-order valence-electron chi connectivity index (χ2n) is 2.96. The first kappa shape index (κ1) is 11.4. The highest BCUT2D eigenvalue weighted by Gasteiger charge is 2.03. The van der Waals surface area contributed by atoms with Crippen LogP contribution in [0.3, 0.4) is 0 Å². The molecule has 0 unspecified atom stereocenters. The van der Waals surface area contributed by atoms with Crippen molar-refractivity contribution in [1.29, 1.82) is 0 Å². The minimum Gasteiger partial charge on any atom is -0.392 e. The molecule has 0 fully saturated rings. The predicted octanol–water partition coefficient (Wildman–Crippen LogP) is 3.37. The summed E-state index contributed by atoms with van der Waals surface area (Å²) in [6.45, 7) is 1.90. The second kappa shape index (κ2) is 5.27. The molecule has 0 heterocycles. The zero-order chi connectivity index (χ0) is 10.6. The quantitative estimate of drug-likeness (QED) is 0.882. The standard InChI is InChI=1S/C11H12BrFO/c1-2-8(7-14)6-9-4-3-5-10(12)11(9)13/h3-6,14H,2,7H2,1H3/b8-6-. The summed E-state index contributed by atoms with van der Waals surface area (Å²) in [6.07, 6.45) is 2.41. The van der Waals surface area contributed by atoms with Gasteiger partial charge in [-0.25, -0.2) is 4.39 Å². The first-order valence-corrected chi connectivity index (χ1v) is 5.22. The zero-order valence-electron chi connectivity index (χ0n) is 7.93. The molecular formula is C11H12BrFO. The summed E-state index contributed by atoms with van der Waals surface area (Å²) in [4.78, 5) is 0. The summed E-state index contributed by atoms with van der Waals surface area (Å²) in [6, 6.07) is 5.10. The normalized spacial score (nSPS) is 11.9. The maximum atomic E-state index is 13.5. The van der Waals surface area contributed by atoms with Crippen molar-refractivity contribution in [3.05, 3.63) is 39.6 Å². The van der Waals surface area contributed by atoms with Gasteiger partial charge in [0.2, 0.25) is 0 Å². The van der Waals surface area contributed by atoms with Crippen LogP contribution in [0.5, 0.6) is 0 Å². The van der Waals surface area contributed by atoms with Crippen molar-refractivity contribution in [2.75, 3.05) is 6.61 Å². The van der Waals surface area contributed by atoms with Crippen LogP contribution in [0.2, 0.25) is 0 Å². The molecule has 0 amide bonds. The molecule has 0 bridgehead atoms. The van der Waals surface area contributed by atoms with Gasteiger partial charge in [-0.15, -0.1) is 0 Å². The number of hydrogen-bond acceptors (Lipinski definition) is 1. The summed E-state index contributed by atoms with van der Waals surface area (Å²) in [5.74, 6) is -0.285. The first-order valence-electron chi connectivity index (χ1n) is 4.43. The number of aliphatic hydroxyl groups excluding tert-OH is 1. The number of halogens is 2. The van der Waals surface area contributed by atoms with Gasteiger partial charge in [-0.2, -0.15) is 0 Å². The Morgan fingerprint density at radius 3 is 2.86 bits per heavy atom. The van der Waals surface area contributed by atoms with E-state index in [0.29, 0.717) is 10.0 Å². The third-order valence-corrected chi connectivity index (χ3v) is 2.61. The van der Waals surface area contributed by atoms with Gasteiger partial charge < -0.3 is 5.11 Å². The van der Waals surface area contributed by atoms with E-state index in [1.807, 2.05) is 6.92 Å². The molecular weight excluding hydrogens is 247 g/mol. The van der Waals surface area contributed by atoms with Gasteiger partial charge in [0, 0.05) is 5.56 Å². The lowest BCUT2D eigenvalue weighted by atomic mass is 10.1. The van der Waals surface area contributed by atoms with E-state index >= 15 is 0 Å².